The van der Waals surface area contributed by atoms with Crippen LogP contribution in [-0.4, -0.2) is 58.8 Å². The van der Waals surface area contributed by atoms with Gasteiger partial charge in [-0.3, -0.25) is 4.79 Å². The number of nitrogens with one attached hydrogen (secondary N) is 2. The predicted octanol–water partition coefficient (Wildman–Crippen LogP) is 1.30. The van der Waals surface area contributed by atoms with Crippen molar-refractivity contribution in [1.29, 1.82) is 0 Å². The van der Waals surface area contributed by atoms with E-state index in [1.54, 1.807) is 18.3 Å². The molecule has 1 aromatic carbocycles. The van der Waals surface area contributed by atoms with Gasteiger partial charge in [-0.15, -0.1) is 0 Å². The van der Waals surface area contributed by atoms with Crippen LogP contribution in [0.3, 0.4) is 0 Å². The van der Waals surface area contributed by atoms with Gasteiger partial charge in [-0.25, -0.2) is 18.1 Å². The Balaban J connectivity index is 1.44. The van der Waals surface area contributed by atoms with E-state index in [4.69, 9.17) is 9.47 Å². The summed E-state index contributed by atoms with van der Waals surface area (Å²) in [6, 6.07) is 9.94. The highest BCUT2D eigenvalue weighted by atomic mass is 32.2. The monoisotopic (exact) mass is 448 g/mol. The fourth-order valence-corrected chi connectivity index (χ4v) is 4.12. The Bertz CT molecular complexity index is 960. The summed E-state index contributed by atoms with van der Waals surface area (Å²) in [4.78, 5) is 18.8. The highest BCUT2D eigenvalue weighted by Gasteiger charge is 2.15. The van der Waals surface area contributed by atoms with Gasteiger partial charge in [-0.05, 0) is 48.9 Å². The average Bonchev–Trinajstić information content (AvgIpc) is 2.79. The fourth-order valence-electron chi connectivity index (χ4n) is 3.09. The van der Waals surface area contributed by atoms with Crippen molar-refractivity contribution < 1.29 is 22.7 Å². The fraction of sp³-hybridized carbons (Fsp3) is 0.429. The smallest absolute Gasteiger partial charge is 0.240 e. The molecular formula is C21H28N4O5S. The normalized spacial score (nSPS) is 14.3. The SMILES string of the molecule is CCOc1ccc(S(=O)(=O)NCCC(=O)NCc2ccnc(N3CCOCC3)c2)cc1. The second kappa shape index (κ2) is 11.1. The number of nitrogens with zero attached hydrogens (tertiary/aromatic N) is 2. The molecule has 9 nitrogen and oxygen atoms in total. The van der Waals surface area contributed by atoms with E-state index in [1.165, 1.54) is 12.1 Å². The molecule has 10 heteroatoms. The van der Waals surface area contributed by atoms with Crippen LogP contribution in [-0.2, 0) is 26.1 Å². The van der Waals surface area contributed by atoms with E-state index in [2.05, 4.69) is 19.9 Å². The van der Waals surface area contributed by atoms with Crippen LogP contribution >= 0.6 is 0 Å². The van der Waals surface area contributed by atoms with Gasteiger partial charge in [0, 0.05) is 38.8 Å². The van der Waals surface area contributed by atoms with E-state index in [-0.39, 0.29) is 23.8 Å². The molecular weight excluding hydrogens is 420 g/mol. The minimum Gasteiger partial charge on any atom is -0.494 e. The number of ether oxygens (including phenoxy) is 2. The van der Waals surface area contributed by atoms with Gasteiger partial charge in [0.25, 0.3) is 0 Å². The number of morpholine rings is 1. The number of carbonyl (C=O) groups is 1. The van der Waals surface area contributed by atoms with Gasteiger partial charge in [0.15, 0.2) is 0 Å². The number of carbonyl (C=O) groups excluding carboxylic acids is 1. The Morgan fingerprint density at radius 2 is 1.94 bits per heavy atom. The largest absolute Gasteiger partial charge is 0.494 e. The lowest BCUT2D eigenvalue weighted by Crippen LogP contribution is -2.36. The minimum absolute atomic E-state index is 0.0107. The Morgan fingerprint density at radius 3 is 2.65 bits per heavy atom. The lowest BCUT2D eigenvalue weighted by molar-refractivity contribution is -0.121. The lowest BCUT2D eigenvalue weighted by atomic mass is 10.2. The van der Waals surface area contributed by atoms with Crippen LogP contribution in [0.15, 0.2) is 47.5 Å². The van der Waals surface area contributed by atoms with Gasteiger partial charge >= 0.3 is 0 Å². The predicted molar refractivity (Wildman–Crippen MR) is 117 cm³/mol. The molecule has 1 amide bonds. The first-order valence-electron chi connectivity index (χ1n) is 10.2. The molecule has 3 rings (SSSR count). The third-order valence-corrected chi connectivity index (χ3v) is 6.20. The number of anilines is 1. The van der Waals surface area contributed by atoms with E-state index in [1.807, 2.05) is 19.1 Å². The highest BCUT2D eigenvalue weighted by molar-refractivity contribution is 7.89. The van der Waals surface area contributed by atoms with E-state index >= 15 is 0 Å². The summed E-state index contributed by atoms with van der Waals surface area (Å²) >= 11 is 0. The third-order valence-electron chi connectivity index (χ3n) is 4.72. The van der Waals surface area contributed by atoms with Gasteiger partial charge in [0.1, 0.15) is 11.6 Å². The van der Waals surface area contributed by atoms with E-state index in [0.717, 1.165) is 24.5 Å². The summed E-state index contributed by atoms with van der Waals surface area (Å²) in [6.45, 7) is 5.66. The molecule has 2 heterocycles. The average molecular weight is 449 g/mol. The van der Waals surface area contributed by atoms with Crippen molar-refractivity contribution in [3.05, 3.63) is 48.2 Å². The molecule has 168 valence electrons. The number of sulfonamides is 1. The minimum atomic E-state index is -3.68. The summed E-state index contributed by atoms with van der Waals surface area (Å²) in [5.74, 6) is 1.23. The van der Waals surface area contributed by atoms with Crippen molar-refractivity contribution in [2.24, 2.45) is 0 Å². The Morgan fingerprint density at radius 1 is 1.19 bits per heavy atom. The van der Waals surface area contributed by atoms with Gasteiger partial charge in [-0.1, -0.05) is 0 Å². The molecule has 31 heavy (non-hydrogen) atoms. The Labute approximate surface area is 182 Å². The van der Waals surface area contributed by atoms with Crippen molar-refractivity contribution in [2.75, 3.05) is 44.4 Å². The maximum Gasteiger partial charge on any atom is 0.240 e. The molecule has 0 radical (unpaired) electrons. The number of pyridine rings is 1. The van der Waals surface area contributed by atoms with Crippen LogP contribution in [0.2, 0.25) is 0 Å². The lowest BCUT2D eigenvalue weighted by Gasteiger charge is -2.28. The van der Waals surface area contributed by atoms with Crippen molar-refractivity contribution in [3.8, 4) is 5.75 Å². The maximum absolute atomic E-state index is 12.3. The van der Waals surface area contributed by atoms with Crippen LogP contribution < -0.4 is 19.7 Å². The molecule has 2 N–H and O–H groups in total. The van der Waals surface area contributed by atoms with Crippen LogP contribution in [0, 0.1) is 0 Å². The summed E-state index contributed by atoms with van der Waals surface area (Å²) in [5, 5.41) is 2.82. The molecule has 1 aliphatic heterocycles. The molecule has 0 spiro atoms. The quantitative estimate of drug-likeness (QED) is 0.564. The van der Waals surface area contributed by atoms with Crippen molar-refractivity contribution in [3.63, 3.8) is 0 Å². The van der Waals surface area contributed by atoms with Crippen molar-refractivity contribution >= 4 is 21.7 Å². The zero-order chi connectivity index (χ0) is 22.1. The number of aromatic nitrogens is 1. The molecule has 2 aromatic rings. The van der Waals surface area contributed by atoms with E-state index in [0.29, 0.717) is 32.1 Å². The molecule has 0 saturated carbocycles. The summed E-state index contributed by atoms with van der Waals surface area (Å²) in [5.41, 5.74) is 0.930. The highest BCUT2D eigenvalue weighted by Crippen LogP contribution is 2.16. The number of hydrogen-bond donors (Lipinski definition) is 2. The van der Waals surface area contributed by atoms with Gasteiger partial charge < -0.3 is 19.7 Å². The first-order valence-corrected chi connectivity index (χ1v) is 11.7. The molecule has 1 fully saturated rings. The second-order valence-corrected chi connectivity index (χ2v) is 8.72. The zero-order valence-electron chi connectivity index (χ0n) is 17.5. The molecule has 0 unspecified atom stereocenters. The van der Waals surface area contributed by atoms with Crippen molar-refractivity contribution in [1.82, 2.24) is 15.0 Å². The topological polar surface area (TPSA) is 110 Å². The van der Waals surface area contributed by atoms with Crippen LogP contribution in [0.25, 0.3) is 0 Å². The van der Waals surface area contributed by atoms with Gasteiger partial charge in [0.2, 0.25) is 15.9 Å². The zero-order valence-corrected chi connectivity index (χ0v) is 18.4. The molecule has 0 bridgehead atoms. The first kappa shape index (κ1) is 23.0. The number of rotatable bonds is 10. The number of benzene rings is 1. The van der Waals surface area contributed by atoms with E-state index in [9.17, 15) is 13.2 Å². The third kappa shape index (κ3) is 6.91. The molecule has 1 saturated heterocycles. The standard InChI is InChI=1S/C21H28N4O5S/c1-2-30-18-3-5-19(6-4-18)31(27,28)24-10-8-21(26)23-16-17-7-9-22-20(15-17)25-11-13-29-14-12-25/h3-7,9,15,24H,2,8,10-14,16H2,1H3,(H,23,26). The molecule has 0 atom stereocenters. The summed E-state index contributed by atoms with van der Waals surface area (Å²) < 4.78 is 37.8. The summed E-state index contributed by atoms with van der Waals surface area (Å²) in [7, 11) is -3.68. The molecule has 0 aliphatic carbocycles. The van der Waals surface area contributed by atoms with Gasteiger partial charge in [0.05, 0.1) is 24.7 Å². The van der Waals surface area contributed by atoms with Crippen LogP contribution in [0.1, 0.15) is 18.9 Å². The maximum atomic E-state index is 12.3. The van der Waals surface area contributed by atoms with Crippen molar-refractivity contribution in [2.45, 2.75) is 24.8 Å². The molecule has 1 aromatic heterocycles. The second-order valence-electron chi connectivity index (χ2n) is 6.95. The Hall–Kier alpha value is -2.69. The first-order chi connectivity index (χ1) is 15.0. The van der Waals surface area contributed by atoms with Gasteiger partial charge in [-0.2, -0.15) is 0 Å². The summed E-state index contributed by atoms with van der Waals surface area (Å²) in [6.07, 6.45) is 1.76. The number of amides is 1. The van der Waals surface area contributed by atoms with E-state index < -0.39 is 10.0 Å². The van der Waals surface area contributed by atoms with Crippen LogP contribution in [0.5, 0.6) is 5.75 Å². The Kier molecular flexibility index (Phi) is 8.21. The molecule has 1 aliphatic rings. The van der Waals surface area contributed by atoms with Crippen LogP contribution in [0.4, 0.5) is 5.82 Å². The number of hydrogen-bond acceptors (Lipinski definition) is 7.